The predicted octanol–water partition coefficient (Wildman–Crippen LogP) is 2.59. The molecule has 0 bridgehead atoms. The van der Waals surface area contributed by atoms with E-state index in [4.69, 9.17) is 17.3 Å². The van der Waals surface area contributed by atoms with Crippen molar-refractivity contribution in [2.24, 2.45) is 0 Å². The van der Waals surface area contributed by atoms with Crippen LogP contribution in [0.15, 0.2) is 36.7 Å². The minimum absolute atomic E-state index is 0. The molecule has 0 aliphatic heterocycles. The molecule has 1 heterocycles. The largest absolute Gasteiger partial charge is 0.396 e. The molecule has 0 spiro atoms. The number of hydrogen-bond donors (Lipinski definition) is 1. The highest BCUT2D eigenvalue weighted by Crippen LogP contribution is 2.16. The van der Waals surface area contributed by atoms with Crippen LogP contribution in [0.3, 0.4) is 0 Å². The second kappa shape index (κ2) is 5.05. The zero-order chi connectivity index (χ0) is 9.97. The Kier molecular flexibility index (Phi) is 4.00. The molecular formula is C10H11Cl2N3. The third kappa shape index (κ3) is 2.88. The molecule has 0 saturated carbocycles. The van der Waals surface area contributed by atoms with Gasteiger partial charge in [-0.15, -0.1) is 12.4 Å². The Morgan fingerprint density at radius 1 is 1.33 bits per heavy atom. The molecule has 0 aliphatic carbocycles. The summed E-state index contributed by atoms with van der Waals surface area (Å²) >= 11 is 6.01. The molecule has 1 aromatic heterocycles. The first-order valence-corrected chi connectivity index (χ1v) is 4.65. The Labute approximate surface area is 99.3 Å². The van der Waals surface area contributed by atoms with E-state index in [2.05, 4.69) is 5.10 Å². The number of nitrogens with zero attached hydrogens (tertiary/aromatic N) is 2. The minimum atomic E-state index is 0. The van der Waals surface area contributed by atoms with Crippen molar-refractivity contribution in [1.29, 1.82) is 0 Å². The van der Waals surface area contributed by atoms with Gasteiger partial charge in [-0.2, -0.15) is 5.10 Å². The molecule has 2 N–H and O–H groups in total. The summed E-state index contributed by atoms with van der Waals surface area (Å²) in [7, 11) is 0. The Balaban J connectivity index is 0.00000112. The van der Waals surface area contributed by atoms with Crippen LogP contribution < -0.4 is 5.73 Å². The smallest absolute Gasteiger partial charge is 0.0719 e. The van der Waals surface area contributed by atoms with Gasteiger partial charge in [-0.25, -0.2) is 0 Å². The predicted molar refractivity (Wildman–Crippen MR) is 64.4 cm³/mol. The van der Waals surface area contributed by atoms with E-state index < -0.39 is 0 Å². The van der Waals surface area contributed by atoms with Crippen LogP contribution >= 0.6 is 24.0 Å². The van der Waals surface area contributed by atoms with Crippen molar-refractivity contribution in [3.05, 3.63) is 47.2 Å². The highest BCUT2D eigenvalue weighted by Gasteiger charge is 2.00. The Bertz CT molecular complexity index is 440. The monoisotopic (exact) mass is 243 g/mol. The lowest BCUT2D eigenvalue weighted by molar-refractivity contribution is 0.687. The fraction of sp³-hybridized carbons (Fsp3) is 0.100. The molecule has 2 aromatic rings. The molecule has 0 fully saturated rings. The van der Waals surface area contributed by atoms with Crippen LogP contribution in [0.1, 0.15) is 5.56 Å². The number of nitrogen functional groups attached to an aromatic ring is 1. The number of hydrogen-bond acceptors (Lipinski definition) is 2. The highest BCUT2D eigenvalue weighted by molar-refractivity contribution is 6.31. The molecule has 0 radical (unpaired) electrons. The minimum Gasteiger partial charge on any atom is -0.396 e. The summed E-state index contributed by atoms with van der Waals surface area (Å²) in [6.07, 6.45) is 3.40. The molecule has 0 amide bonds. The fourth-order valence-electron chi connectivity index (χ4n) is 1.27. The molecule has 0 saturated heterocycles. The van der Waals surface area contributed by atoms with Crippen LogP contribution in [0.4, 0.5) is 5.69 Å². The van der Waals surface area contributed by atoms with E-state index >= 15 is 0 Å². The van der Waals surface area contributed by atoms with Crippen molar-refractivity contribution in [3.8, 4) is 0 Å². The van der Waals surface area contributed by atoms with Crippen LogP contribution in [0.5, 0.6) is 0 Å². The Hall–Kier alpha value is -1.19. The van der Waals surface area contributed by atoms with E-state index in [0.29, 0.717) is 12.2 Å². The van der Waals surface area contributed by atoms with Gasteiger partial charge in [0.15, 0.2) is 0 Å². The lowest BCUT2D eigenvalue weighted by Crippen LogP contribution is -2.00. The third-order valence-corrected chi connectivity index (χ3v) is 2.31. The van der Waals surface area contributed by atoms with Gasteiger partial charge in [0.1, 0.15) is 0 Å². The summed E-state index contributed by atoms with van der Waals surface area (Å²) in [5.74, 6) is 0. The van der Waals surface area contributed by atoms with Crippen LogP contribution in [-0.4, -0.2) is 9.78 Å². The molecule has 0 aliphatic rings. The molecular weight excluding hydrogens is 233 g/mol. The van der Waals surface area contributed by atoms with Gasteiger partial charge in [-0.1, -0.05) is 29.8 Å². The number of anilines is 1. The summed E-state index contributed by atoms with van der Waals surface area (Å²) in [5, 5.41) is 4.84. The highest BCUT2D eigenvalue weighted by atomic mass is 35.5. The zero-order valence-corrected chi connectivity index (χ0v) is 9.50. The lowest BCUT2D eigenvalue weighted by atomic mass is 10.2. The molecule has 0 unspecified atom stereocenters. The van der Waals surface area contributed by atoms with Gasteiger partial charge in [0.2, 0.25) is 0 Å². The summed E-state index contributed by atoms with van der Waals surface area (Å²) in [6, 6.07) is 7.70. The van der Waals surface area contributed by atoms with Crippen molar-refractivity contribution in [2.45, 2.75) is 6.54 Å². The summed E-state index contributed by atoms with van der Waals surface area (Å²) < 4.78 is 1.76. The van der Waals surface area contributed by atoms with Gasteiger partial charge >= 0.3 is 0 Å². The molecule has 5 heteroatoms. The lowest BCUT2D eigenvalue weighted by Gasteiger charge is -2.03. The molecule has 1 aromatic carbocycles. The van der Waals surface area contributed by atoms with Crippen molar-refractivity contribution in [3.63, 3.8) is 0 Å². The average molecular weight is 244 g/mol. The summed E-state index contributed by atoms with van der Waals surface area (Å²) in [5.41, 5.74) is 7.26. The maximum atomic E-state index is 6.01. The summed E-state index contributed by atoms with van der Waals surface area (Å²) in [4.78, 5) is 0. The normalized spacial score (nSPS) is 9.67. The van der Waals surface area contributed by atoms with Gasteiger partial charge in [0.05, 0.1) is 18.4 Å². The fourth-order valence-corrected chi connectivity index (χ4v) is 1.46. The van der Waals surface area contributed by atoms with E-state index in [1.165, 1.54) is 0 Å². The van der Waals surface area contributed by atoms with Crippen molar-refractivity contribution < 1.29 is 0 Å². The first-order chi connectivity index (χ1) is 6.75. The van der Waals surface area contributed by atoms with Gasteiger partial charge in [0, 0.05) is 11.2 Å². The van der Waals surface area contributed by atoms with Gasteiger partial charge in [-0.3, -0.25) is 4.68 Å². The topological polar surface area (TPSA) is 43.8 Å². The molecule has 2 rings (SSSR count). The van der Waals surface area contributed by atoms with E-state index in [0.717, 1.165) is 10.6 Å². The van der Waals surface area contributed by atoms with Crippen molar-refractivity contribution in [2.75, 3.05) is 5.73 Å². The number of benzene rings is 1. The van der Waals surface area contributed by atoms with Gasteiger partial charge in [0.25, 0.3) is 0 Å². The van der Waals surface area contributed by atoms with Crippen molar-refractivity contribution in [1.82, 2.24) is 9.78 Å². The van der Waals surface area contributed by atoms with E-state index in [1.54, 1.807) is 17.1 Å². The molecule has 3 nitrogen and oxygen atoms in total. The van der Waals surface area contributed by atoms with Crippen LogP contribution in [0, 0.1) is 0 Å². The average Bonchev–Trinajstić information content (AvgIpc) is 2.56. The number of rotatable bonds is 2. The quantitative estimate of drug-likeness (QED) is 0.882. The van der Waals surface area contributed by atoms with E-state index in [1.807, 2.05) is 24.3 Å². The standard InChI is InChI=1S/C10H10ClN3.ClH/c11-10-4-2-1-3-8(10)6-14-7-9(12)5-13-14;/h1-5,7H,6,12H2;1H. The van der Waals surface area contributed by atoms with E-state index in [-0.39, 0.29) is 12.4 Å². The Morgan fingerprint density at radius 2 is 2.07 bits per heavy atom. The van der Waals surface area contributed by atoms with Crippen molar-refractivity contribution >= 4 is 29.7 Å². The van der Waals surface area contributed by atoms with Crippen LogP contribution in [0.25, 0.3) is 0 Å². The number of aromatic nitrogens is 2. The van der Waals surface area contributed by atoms with Crippen LogP contribution in [0.2, 0.25) is 5.02 Å². The second-order valence-electron chi connectivity index (χ2n) is 3.06. The zero-order valence-electron chi connectivity index (χ0n) is 7.93. The molecule has 0 atom stereocenters. The first kappa shape index (κ1) is 11.9. The molecule has 80 valence electrons. The van der Waals surface area contributed by atoms with Gasteiger partial charge in [-0.05, 0) is 11.6 Å². The van der Waals surface area contributed by atoms with Gasteiger partial charge < -0.3 is 5.73 Å². The van der Waals surface area contributed by atoms with E-state index in [9.17, 15) is 0 Å². The third-order valence-electron chi connectivity index (χ3n) is 1.94. The molecule has 15 heavy (non-hydrogen) atoms. The second-order valence-corrected chi connectivity index (χ2v) is 3.47. The maximum absolute atomic E-state index is 6.01. The maximum Gasteiger partial charge on any atom is 0.0719 e. The number of halogens is 2. The number of nitrogens with two attached hydrogens (primary N) is 1. The summed E-state index contributed by atoms with van der Waals surface area (Å²) in [6.45, 7) is 0.650. The first-order valence-electron chi connectivity index (χ1n) is 4.27. The SMILES string of the molecule is Cl.Nc1cnn(Cc2ccccc2Cl)c1. The van der Waals surface area contributed by atoms with Crippen LogP contribution in [-0.2, 0) is 6.54 Å². The Morgan fingerprint density at radius 3 is 2.67 bits per heavy atom.